The fourth-order valence-corrected chi connectivity index (χ4v) is 1.34. The maximum Gasteiger partial charge on any atom is 0.161 e. The van der Waals surface area contributed by atoms with Gasteiger partial charge in [0.25, 0.3) is 0 Å². The van der Waals surface area contributed by atoms with Crippen molar-refractivity contribution in [3.8, 4) is 11.5 Å². The molecule has 0 aromatic heterocycles. The molecule has 0 spiro atoms. The quantitative estimate of drug-likeness (QED) is 0.771. The number of rotatable bonds is 4. The first kappa shape index (κ1) is 10.9. The highest BCUT2D eigenvalue weighted by molar-refractivity contribution is 5.47. The maximum atomic E-state index is 9.84. The van der Waals surface area contributed by atoms with Crippen LogP contribution in [-0.4, -0.2) is 18.3 Å². The Labute approximate surface area is 84.5 Å². The molecule has 1 aromatic rings. The third kappa shape index (κ3) is 2.17. The minimum absolute atomic E-state index is 0.149. The molecule has 14 heavy (non-hydrogen) atoms. The van der Waals surface area contributed by atoms with Gasteiger partial charge >= 0.3 is 0 Å². The molecule has 0 aliphatic rings. The summed E-state index contributed by atoms with van der Waals surface area (Å²) >= 11 is 0. The summed E-state index contributed by atoms with van der Waals surface area (Å²) in [6.45, 7) is 4.93. The van der Waals surface area contributed by atoms with Gasteiger partial charge in [-0.1, -0.05) is 19.1 Å². The average molecular weight is 195 g/mol. The topological polar surface area (TPSA) is 55.5 Å². The molecule has 1 unspecified atom stereocenters. The lowest BCUT2D eigenvalue weighted by Gasteiger charge is -2.13. The maximum absolute atomic E-state index is 9.84. The molecule has 0 bridgehead atoms. The minimum atomic E-state index is 0.149. The monoisotopic (exact) mass is 195 g/mol. The summed E-state index contributed by atoms with van der Waals surface area (Å²) in [5.74, 6) is 0.896. The van der Waals surface area contributed by atoms with Crippen LogP contribution in [0.25, 0.3) is 0 Å². The molecule has 1 aromatic carbocycles. The molecule has 3 heteroatoms. The van der Waals surface area contributed by atoms with E-state index in [1.54, 1.807) is 6.07 Å². The van der Waals surface area contributed by atoms with Crippen molar-refractivity contribution in [1.29, 1.82) is 0 Å². The Kier molecular flexibility index (Phi) is 3.77. The first-order valence-electron chi connectivity index (χ1n) is 4.85. The molecule has 78 valence electrons. The molecule has 0 radical (unpaired) electrons. The lowest BCUT2D eigenvalue weighted by molar-refractivity contribution is 0.316. The van der Waals surface area contributed by atoms with Gasteiger partial charge in [-0.15, -0.1) is 0 Å². The Morgan fingerprint density at radius 2 is 2.21 bits per heavy atom. The summed E-state index contributed by atoms with van der Waals surface area (Å²) in [5.41, 5.74) is 6.39. The van der Waals surface area contributed by atoms with Crippen molar-refractivity contribution in [2.45, 2.75) is 19.8 Å². The predicted molar refractivity (Wildman–Crippen MR) is 56.7 cm³/mol. The van der Waals surface area contributed by atoms with Crippen LogP contribution in [-0.2, 0) is 0 Å². The number of hydrogen-bond donors (Lipinski definition) is 2. The van der Waals surface area contributed by atoms with Gasteiger partial charge in [-0.2, -0.15) is 0 Å². The van der Waals surface area contributed by atoms with Crippen molar-refractivity contribution in [1.82, 2.24) is 0 Å². The number of aromatic hydroxyl groups is 1. The van der Waals surface area contributed by atoms with E-state index in [1.807, 2.05) is 26.0 Å². The van der Waals surface area contributed by atoms with Crippen LogP contribution in [0.3, 0.4) is 0 Å². The zero-order valence-corrected chi connectivity index (χ0v) is 8.66. The van der Waals surface area contributed by atoms with E-state index in [-0.39, 0.29) is 11.7 Å². The minimum Gasteiger partial charge on any atom is -0.504 e. The van der Waals surface area contributed by atoms with Crippen LogP contribution in [0.1, 0.15) is 25.3 Å². The van der Waals surface area contributed by atoms with Gasteiger partial charge in [-0.25, -0.2) is 0 Å². The SMILES string of the molecule is CCOc1cccc(C(C)CN)c1O. The Bertz CT molecular complexity index is 299. The number of para-hydroxylation sites is 1. The van der Waals surface area contributed by atoms with E-state index in [2.05, 4.69) is 0 Å². The number of hydrogen-bond acceptors (Lipinski definition) is 3. The fourth-order valence-electron chi connectivity index (χ4n) is 1.34. The summed E-state index contributed by atoms with van der Waals surface area (Å²) in [6.07, 6.45) is 0. The van der Waals surface area contributed by atoms with E-state index in [0.717, 1.165) is 5.56 Å². The molecule has 0 amide bonds. The molecule has 0 heterocycles. The van der Waals surface area contributed by atoms with Crippen molar-refractivity contribution in [3.63, 3.8) is 0 Å². The smallest absolute Gasteiger partial charge is 0.161 e. The third-order valence-corrected chi connectivity index (χ3v) is 2.21. The van der Waals surface area contributed by atoms with Gasteiger partial charge in [0.15, 0.2) is 11.5 Å². The second kappa shape index (κ2) is 4.86. The van der Waals surface area contributed by atoms with E-state index in [1.165, 1.54) is 0 Å². The summed E-state index contributed by atoms with van der Waals surface area (Å²) in [4.78, 5) is 0. The highest BCUT2D eigenvalue weighted by Crippen LogP contribution is 2.33. The lowest BCUT2D eigenvalue weighted by Crippen LogP contribution is -2.09. The average Bonchev–Trinajstić information content (AvgIpc) is 2.20. The second-order valence-electron chi connectivity index (χ2n) is 3.26. The molecule has 0 aliphatic carbocycles. The van der Waals surface area contributed by atoms with E-state index in [0.29, 0.717) is 18.9 Å². The number of ether oxygens (including phenoxy) is 1. The Morgan fingerprint density at radius 1 is 1.50 bits per heavy atom. The zero-order chi connectivity index (χ0) is 10.6. The van der Waals surface area contributed by atoms with Crippen LogP contribution in [0.2, 0.25) is 0 Å². The van der Waals surface area contributed by atoms with Crippen molar-refractivity contribution in [3.05, 3.63) is 23.8 Å². The highest BCUT2D eigenvalue weighted by Gasteiger charge is 2.12. The van der Waals surface area contributed by atoms with E-state index >= 15 is 0 Å². The molecule has 3 N–H and O–H groups in total. The molecule has 0 fully saturated rings. The third-order valence-electron chi connectivity index (χ3n) is 2.21. The van der Waals surface area contributed by atoms with Gasteiger partial charge in [0.1, 0.15) is 0 Å². The van der Waals surface area contributed by atoms with Gasteiger partial charge in [-0.3, -0.25) is 0 Å². The van der Waals surface area contributed by atoms with Crippen LogP contribution in [0, 0.1) is 0 Å². The Morgan fingerprint density at radius 3 is 2.79 bits per heavy atom. The lowest BCUT2D eigenvalue weighted by atomic mass is 10.00. The zero-order valence-electron chi connectivity index (χ0n) is 8.66. The van der Waals surface area contributed by atoms with E-state index < -0.39 is 0 Å². The number of phenolic OH excluding ortho intramolecular Hbond substituents is 1. The van der Waals surface area contributed by atoms with Crippen LogP contribution >= 0.6 is 0 Å². The van der Waals surface area contributed by atoms with Crippen molar-refractivity contribution < 1.29 is 9.84 Å². The molecular weight excluding hydrogens is 178 g/mol. The largest absolute Gasteiger partial charge is 0.504 e. The molecule has 0 saturated heterocycles. The summed E-state index contributed by atoms with van der Waals surface area (Å²) in [7, 11) is 0. The van der Waals surface area contributed by atoms with Gasteiger partial charge in [0.2, 0.25) is 0 Å². The number of benzene rings is 1. The molecule has 3 nitrogen and oxygen atoms in total. The predicted octanol–water partition coefficient (Wildman–Crippen LogP) is 1.85. The summed E-state index contributed by atoms with van der Waals surface area (Å²) in [5, 5.41) is 9.84. The molecule has 1 rings (SSSR count). The van der Waals surface area contributed by atoms with Gasteiger partial charge in [0.05, 0.1) is 6.61 Å². The van der Waals surface area contributed by atoms with Crippen LogP contribution < -0.4 is 10.5 Å². The summed E-state index contributed by atoms with van der Waals surface area (Å²) < 4.78 is 5.28. The fraction of sp³-hybridized carbons (Fsp3) is 0.455. The molecule has 0 aliphatic heterocycles. The van der Waals surface area contributed by atoms with Crippen molar-refractivity contribution >= 4 is 0 Å². The first-order valence-corrected chi connectivity index (χ1v) is 4.85. The Hall–Kier alpha value is -1.22. The standard InChI is InChI=1S/C11H17NO2/c1-3-14-10-6-4-5-9(11(10)13)8(2)7-12/h4-6,8,13H,3,7,12H2,1-2H3. The van der Waals surface area contributed by atoms with Gasteiger partial charge in [-0.05, 0) is 25.5 Å². The molecule has 1 atom stereocenters. The number of nitrogens with two attached hydrogens (primary N) is 1. The van der Waals surface area contributed by atoms with E-state index in [9.17, 15) is 5.11 Å². The van der Waals surface area contributed by atoms with Crippen molar-refractivity contribution in [2.75, 3.05) is 13.2 Å². The summed E-state index contributed by atoms with van der Waals surface area (Å²) in [6, 6.07) is 5.49. The Balaban J connectivity index is 3.00. The second-order valence-corrected chi connectivity index (χ2v) is 3.26. The van der Waals surface area contributed by atoms with Crippen LogP contribution in [0.4, 0.5) is 0 Å². The van der Waals surface area contributed by atoms with Gasteiger partial charge < -0.3 is 15.6 Å². The first-order chi connectivity index (χ1) is 6.70. The highest BCUT2D eigenvalue weighted by atomic mass is 16.5. The molecule has 0 saturated carbocycles. The van der Waals surface area contributed by atoms with Crippen molar-refractivity contribution in [2.24, 2.45) is 5.73 Å². The van der Waals surface area contributed by atoms with Crippen LogP contribution in [0.15, 0.2) is 18.2 Å². The number of phenols is 1. The van der Waals surface area contributed by atoms with Crippen LogP contribution in [0.5, 0.6) is 11.5 Å². The molecular formula is C11H17NO2. The van der Waals surface area contributed by atoms with E-state index in [4.69, 9.17) is 10.5 Å². The normalized spacial score (nSPS) is 12.5. The van der Waals surface area contributed by atoms with Gasteiger partial charge in [0, 0.05) is 5.56 Å².